The largest absolute Gasteiger partial charge is 0.492 e. The van der Waals surface area contributed by atoms with Crippen molar-refractivity contribution in [2.75, 3.05) is 12.9 Å². The monoisotopic (exact) mass is 278 g/mol. The molecule has 1 aliphatic rings. The standard InChI is InChI=1S/C10H15ClN2O3S/c1-16-9-6-12-13(10(9)11)7-8-4-2-3-5-17(8,14)15/h6,8H,2-5,7H2,1H3. The van der Waals surface area contributed by atoms with Crippen LogP contribution in [0.3, 0.4) is 0 Å². The zero-order valence-corrected chi connectivity index (χ0v) is 11.2. The quantitative estimate of drug-likeness (QED) is 0.841. The van der Waals surface area contributed by atoms with Crippen LogP contribution >= 0.6 is 11.6 Å². The van der Waals surface area contributed by atoms with Gasteiger partial charge in [-0.2, -0.15) is 5.10 Å². The molecule has 1 atom stereocenters. The lowest BCUT2D eigenvalue weighted by Crippen LogP contribution is -2.32. The average Bonchev–Trinajstić information content (AvgIpc) is 2.63. The maximum atomic E-state index is 11.9. The van der Waals surface area contributed by atoms with Crippen molar-refractivity contribution in [1.82, 2.24) is 9.78 Å². The van der Waals surface area contributed by atoms with Crippen LogP contribution in [0.2, 0.25) is 5.15 Å². The number of nitrogens with zero attached hydrogens (tertiary/aromatic N) is 2. The summed E-state index contributed by atoms with van der Waals surface area (Å²) in [6.07, 6.45) is 3.88. The molecule has 0 spiro atoms. The van der Waals surface area contributed by atoms with Gasteiger partial charge in [-0.1, -0.05) is 18.0 Å². The van der Waals surface area contributed by atoms with E-state index in [4.69, 9.17) is 16.3 Å². The predicted octanol–water partition coefficient (Wildman–Crippen LogP) is 1.51. The first-order chi connectivity index (χ1) is 8.04. The van der Waals surface area contributed by atoms with Crippen LogP contribution in [0.1, 0.15) is 19.3 Å². The van der Waals surface area contributed by atoms with Crippen molar-refractivity contribution in [1.29, 1.82) is 0 Å². The van der Waals surface area contributed by atoms with E-state index in [1.165, 1.54) is 18.0 Å². The molecule has 5 nitrogen and oxygen atoms in total. The van der Waals surface area contributed by atoms with Gasteiger partial charge in [0.15, 0.2) is 20.7 Å². The van der Waals surface area contributed by atoms with Gasteiger partial charge in [0.1, 0.15) is 0 Å². The molecule has 1 saturated heterocycles. The second-order valence-corrected chi connectivity index (χ2v) is 6.93. The smallest absolute Gasteiger partial charge is 0.175 e. The Kier molecular flexibility index (Phi) is 3.63. The maximum Gasteiger partial charge on any atom is 0.175 e. The van der Waals surface area contributed by atoms with E-state index >= 15 is 0 Å². The molecule has 0 bridgehead atoms. The molecule has 0 aliphatic carbocycles. The Bertz CT molecular complexity index is 498. The fraction of sp³-hybridized carbons (Fsp3) is 0.700. The molecule has 0 radical (unpaired) electrons. The third-order valence-corrected chi connectivity index (χ3v) is 5.69. The van der Waals surface area contributed by atoms with Crippen molar-refractivity contribution >= 4 is 21.4 Å². The number of hydrogen-bond acceptors (Lipinski definition) is 4. The lowest BCUT2D eigenvalue weighted by molar-refractivity contribution is 0.413. The van der Waals surface area contributed by atoms with Crippen molar-refractivity contribution < 1.29 is 13.2 Å². The van der Waals surface area contributed by atoms with E-state index in [-0.39, 0.29) is 11.0 Å². The molecule has 1 fully saturated rings. The molecule has 2 heterocycles. The molecule has 17 heavy (non-hydrogen) atoms. The molecule has 0 N–H and O–H groups in total. The first-order valence-corrected chi connectivity index (χ1v) is 7.61. The van der Waals surface area contributed by atoms with Crippen LogP contribution in [0.5, 0.6) is 5.75 Å². The van der Waals surface area contributed by atoms with E-state index in [2.05, 4.69) is 5.10 Å². The van der Waals surface area contributed by atoms with Gasteiger partial charge in [-0.25, -0.2) is 13.1 Å². The normalized spacial score (nSPS) is 23.5. The van der Waals surface area contributed by atoms with Gasteiger partial charge in [-0.3, -0.25) is 0 Å². The number of rotatable bonds is 3. The van der Waals surface area contributed by atoms with Gasteiger partial charge >= 0.3 is 0 Å². The minimum atomic E-state index is -3.00. The SMILES string of the molecule is COc1cnn(CC2CCCCS2(=O)=O)c1Cl. The van der Waals surface area contributed by atoms with Crippen molar-refractivity contribution in [3.8, 4) is 5.75 Å². The van der Waals surface area contributed by atoms with Crippen LogP contribution in [0.15, 0.2) is 6.20 Å². The van der Waals surface area contributed by atoms with Crippen molar-refractivity contribution in [2.24, 2.45) is 0 Å². The van der Waals surface area contributed by atoms with Gasteiger partial charge in [0.2, 0.25) is 0 Å². The highest BCUT2D eigenvalue weighted by molar-refractivity contribution is 7.92. The van der Waals surface area contributed by atoms with Gasteiger partial charge in [-0.15, -0.1) is 0 Å². The fourth-order valence-corrected chi connectivity index (χ4v) is 4.11. The molecule has 7 heteroatoms. The van der Waals surface area contributed by atoms with Crippen LogP contribution in [-0.2, 0) is 16.4 Å². The van der Waals surface area contributed by atoms with Crippen molar-refractivity contribution in [3.63, 3.8) is 0 Å². The first kappa shape index (κ1) is 12.7. The molecule has 0 saturated carbocycles. The van der Waals surface area contributed by atoms with Crippen LogP contribution in [0, 0.1) is 0 Å². The van der Waals surface area contributed by atoms with E-state index in [0.717, 1.165) is 12.8 Å². The Morgan fingerprint density at radius 1 is 1.59 bits per heavy atom. The van der Waals surface area contributed by atoms with Crippen LogP contribution < -0.4 is 4.74 Å². The average molecular weight is 279 g/mol. The number of ether oxygens (including phenoxy) is 1. The predicted molar refractivity (Wildman–Crippen MR) is 65.2 cm³/mol. The summed E-state index contributed by atoms with van der Waals surface area (Å²) in [7, 11) is -1.49. The molecule has 96 valence electrons. The number of hydrogen-bond donors (Lipinski definition) is 0. The highest BCUT2D eigenvalue weighted by Gasteiger charge is 2.30. The van der Waals surface area contributed by atoms with E-state index in [1.54, 1.807) is 0 Å². The zero-order chi connectivity index (χ0) is 12.5. The minimum Gasteiger partial charge on any atom is -0.492 e. The summed E-state index contributed by atoms with van der Waals surface area (Å²) >= 11 is 6.02. The molecule has 0 amide bonds. The van der Waals surface area contributed by atoms with Gasteiger partial charge in [0.05, 0.1) is 30.9 Å². The lowest BCUT2D eigenvalue weighted by atomic mass is 10.2. The summed E-state index contributed by atoms with van der Waals surface area (Å²) in [5.74, 6) is 0.744. The summed E-state index contributed by atoms with van der Waals surface area (Å²) in [5, 5.41) is 4.02. The Labute approximate surface area is 106 Å². The Morgan fingerprint density at radius 3 is 2.94 bits per heavy atom. The molecule has 1 aromatic heterocycles. The highest BCUT2D eigenvalue weighted by Crippen LogP contribution is 2.26. The fourth-order valence-electron chi connectivity index (χ4n) is 2.04. The summed E-state index contributed by atoms with van der Waals surface area (Å²) in [5.41, 5.74) is 0. The minimum absolute atomic E-state index is 0.272. The van der Waals surface area contributed by atoms with Crippen LogP contribution in [-0.4, -0.2) is 36.3 Å². The third-order valence-electron chi connectivity index (χ3n) is 3.05. The molecule has 2 rings (SSSR count). The second-order valence-electron chi connectivity index (χ2n) is 4.17. The van der Waals surface area contributed by atoms with Crippen LogP contribution in [0.4, 0.5) is 0 Å². The number of aromatic nitrogens is 2. The highest BCUT2D eigenvalue weighted by atomic mass is 35.5. The summed E-state index contributed by atoms with van der Waals surface area (Å²) in [4.78, 5) is 0. The Hall–Kier alpha value is -0.750. The Morgan fingerprint density at radius 2 is 2.35 bits per heavy atom. The van der Waals surface area contributed by atoms with Gasteiger partial charge in [0, 0.05) is 0 Å². The number of halogens is 1. The molecule has 1 unspecified atom stereocenters. The van der Waals surface area contributed by atoms with E-state index in [1.807, 2.05) is 0 Å². The van der Waals surface area contributed by atoms with Crippen molar-refractivity contribution in [2.45, 2.75) is 31.1 Å². The zero-order valence-electron chi connectivity index (χ0n) is 9.60. The second kappa shape index (κ2) is 4.86. The van der Waals surface area contributed by atoms with E-state index in [0.29, 0.717) is 23.9 Å². The summed E-state index contributed by atoms with van der Waals surface area (Å²) in [6, 6.07) is 0. The van der Waals surface area contributed by atoms with E-state index in [9.17, 15) is 8.42 Å². The van der Waals surface area contributed by atoms with Crippen molar-refractivity contribution in [3.05, 3.63) is 11.3 Å². The summed E-state index contributed by atoms with van der Waals surface area (Å²) in [6.45, 7) is 0.310. The molecule has 0 aromatic carbocycles. The summed E-state index contributed by atoms with van der Waals surface area (Å²) < 4.78 is 30.2. The lowest BCUT2D eigenvalue weighted by Gasteiger charge is -2.22. The Balaban J connectivity index is 2.17. The number of sulfone groups is 1. The molecule has 1 aromatic rings. The number of methoxy groups -OCH3 is 1. The van der Waals surface area contributed by atoms with E-state index < -0.39 is 9.84 Å². The first-order valence-electron chi connectivity index (χ1n) is 5.51. The molecular formula is C10H15ClN2O3S. The van der Waals surface area contributed by atoms with Gasteiger partial charge < -0.3 is 4.74 Å². The van der Waals surface area contributed by atoms with Gasteiger partial charge in [-0.05, 0) is 12.8 Å². The molecular weight excluding hydrogens is 264 g/mol. The third kappa shape index (κ3) is 2.57. The molecule has 1 aliphatic heterocycles. The maximum absolute atomic E-state index is 11.9. The van der Waals surface area contributed by atoms with Gasteiger partial charge in [0.25, 0.3) is 0 Å². The van der Waals surface area contributed by atoms with Crippen LogP contribution in [0.25, 0.3) is 0 Å². The topological polar surface area (TPSA) is 61.2 Å².